The van der Waals surface area contributed by atoms with Crippen molar-refractivity contribution < 1.29 is 19.2 Å². The highest BCUT2D eigenvalue weighted by Crippen LogP contribution is 2.38. The van der Waals surface area contributed by atoms with Crippen LogP contribution in [0, 0.1) is 10.1 Å². The fraction of sp³-hybridized carbons (Fsp3) is 0.0588. The molecule has 6 nitrogen and oxygen atoms in total. The Morgan fingerprint density at radius 1 is 1.08 bits per heavy atom. The molecule has 1 heterocycles. The lowest BCUT2D eigenvalue weighted by atomic mass is 10.2. The first kappa shape index (κ1) is 15.8. The van der Waals surface area contributed by atoms with E-state index in [2.05, 4.69) is 0 Å². The van der Waals surface area contributed by atoms with Crippen LogP contribution in [0.15, 0.2) is 48.5 Å². The second kappa shape index (κ2) is 6.21. The van der Waals surface area contributed by atoms with E-state index >= 15 is 0 Å². The average molecular weight is 341 g/mol. The lowest BCUT2D eigenvalue weighted by Gasteiger charge is -2.05. The molecule has 0 unspecified atom stereocenters. The maximum Gasteiger partial charge on any atom is 0.350 e. The number of hydrogen-bond donors (Lipinski definition) is 0. The molecule has 0 radical (unpaired) electrons. The quantitative estimate of drug-likeness (QED) is 0.307. The smallest absolute Gasteiger partial charge is 0.350 e. The summed E-state index contributed by atoms with van der Waals surface area (Å²) in [5.41, 5.74) is -0.501. The van der Waals surface area contributed by atoms with Gasteiger partial charge in [0.1, 0.15) is 10.4 Å². The minimum atomic E-state index is -0.867. The number of esters is 1. The van der Waals surface area contributed by atoms with Crippen LogP contribution in [-0.2, 0) is 0 Å². The van der Waals surface area contributed by atoms with Crippen LogP contribution in [0.3, 0.4) is 0 Å². The molecule has 1 aromatic heterocycles. The number of carbonyl (C=O) groups excluding carboxylic acids is 2. The first-order valence-corrected chi connectivity index (χ1v) is 7.78. The van der Waals surface area contributed by atoms with Crippen molar-refractivity contribution in [3.8, 4) is 5.75 Å². The Morgan fingerprint density at radius 3 is 2.46 bits per heavy atom. The molecular formula is C17H11NO5S. The monoisotopic (exact) mass is 341 g/mol. The Bertz CT molecular complexity index is 976. The Balaban J connectivity index is 2.07. The molecule has 0 aliphatic rings. The SMILES string of the molecule is CC(=O)c1sc2ccccc2c1OC(=O)c1ccccc1[N+](=O)[O-]. The number of carbonyl (C=O) groups is 2. The second-order valence-electron chi connectivity index (χ2n) is 4.98. The minimum absolute atomic E-state index is 0.145. The van der Waals surface area contributed by atoms with Crippen LogP contribution in [-0.4, -0.2) is 16.7 Å². The van der Waals surface area contributed by atoms with E-state index in [9.17, 15) is 19.7 Å². The highest BCUT2D eigenvalue weighted by atomic mass is 32.1. The molecule has 0 atom stereocenters. The molecule has 0 fully saturated rings. The number of Topliss-reactive ketones (excluding diaryl/α,β-unsaturated/α-hetero) is 1. The number of nitro benzene ring substituents is 1. The van der Waals surface area contributed by atoms with Gasteiger partial charge in [0.15, 0.2) is 11.5 Å². The predicted octanol–water partition coefficient (Wildman–Crippen LogP) is 4.23. The predicted molar refractivity (Wildman–Crippen MR) is 89.9 cm³/mol. The molecule has 0 amide bonds. The van der Waals surface area contributed by atoms with E-state index in [1.54, 1.807) is 12.1 Å². The number of nitro groups is 1. The van der Waals surface area contributed by atoms with Crippen LogP contribution < -0.4 is 4.74 Å². The van der Waals surface area contributed by atoms with E-state index in [1.165, 1.54) is 42.5 Å². The van der Waals surface area contributed by atoms with E-state index in [0.717, 1.165) is 4.70 Å². The highest BCUT2D eigenvalue weighted by molar-refractivity contribution is 7.21. The Labute approximate surface area is 140 Å². The molecular weight excluding hydrogens is 330 g/mol. The van der Waals surface area contributed by atoms with E-state index in [4.69, 9.17) is 4.74 Å². The van der Waals surface area contributed by atoms with Gasteiger partial charge >= 0.3 is 5.97 Å². The van der Waals surface area contributed by atoms with Crippen LogP contribution in [0.2, 0.25) is 0 Å². The van der Waals surface area contributed by atoms with E-state index in [1.807, 2.05) is 12.1 Å². The van der Waals surface area contributed by atoms with Gasteiger partial charge in [0.2, 0.25) is 0 Å². The van der Waals surface area contributed by atoms with Crippen molar-refractivity contribution in [1.82, 2.24) is 0 Å². The van der Waals surface area contributed by atoms with Gasteiger partial charge in [-0.3, -0.25) is 14.9 Å². The average Bonchev–Trinajstić information content (AvgIpc) is 2.94. The van der Waals surface area contributed by atoms with Gasteiger partial charge in [-0.2, -0.15) is 0 Å². The Morgan fingerprint density at radius 2 is 1.75 bits per heavy atom. The zero-order valence-electron chi connectivity index (χ0n) is 12.5. The third-order valence-corrected chi connectivity index (χ3v) is 4.64. The molecule has 0 spiro atoms. The zero-order chi connectivity index (χ0) is 17.3. The Kier molecular flexibility index (Phi) is 4.09. The largest absolute Gasteiger partial charge is 0.420 e. The standard InChI is InChI=1S/C17H11NO5S/c1-10(19)16-15(12-7-3-5-9-14(12)24-16)23-17(20)11-6-2-4-8-13(11)18(21)22/h2-9H,1H3. The van der Waals surface area contributed by atoms with E-state index in [-0.39, 0.29) is 22.8 Å². The van der Waals surface area contributed by atoms with Crippen molar-refractivity contribution in [3.05, 3.63) is 69.1 Å². The summed E-state index contributed by atoms with van der Waals surface area (Å²) >= 11 is 1.22. The summed E-state index contributed by atoms with van der Waals surface area (Å²) in [5, 5.41) is 11.7. The van der Waals surface area contributed by atoms with Crippen LogP contribution in [0.5, 0.6) is 5.75 Å². The van der Waals surface area contributed by atoms with Crippen molar-refractivity contribution in [1.29, 1.82) is 0 Å². The van der Waals surface area contributed by atoms with Gasteiger partial charge in [-0.1, -0.05) is 24.3 Å². The molecule has 7 heteroatoms. The molecule has 3 aromatic rings. The van der Waals surface area contributed by atoms with Crippen LogP contribution in [0.1, 0.15) is 27.0 Å². The van der Waals surface area contributed by atoms with Gasteiger partial charge < -0.3 is 4.74 Å². The first-order valence-electron chi connectivity index (χ1n) is 6.97. The minimum Gasteiger partial charge on any atom is -0.420 e. The third kappa shape index (κ3) is 2.77. The van der Waals surface area contributed by atoms with Gasteiger partial charge in [-0.05, 0) is 18.2 Å². The lowest BCUT2D eigenvalue weighted by molar-refractivity contribution is -0.385. The van der Waals surface area contributed by atoms with E-state index in [0.29, 0.717) is 10.3 Å². The Hall–Kier alpha value is -3.06. The maximum absolute atomic E-state index is 12.4. The summed E-state index contributed by atoms with van der Waals surface area (Å²) in [4.78, 5) is 35.0. The normalized spacial score (nSPS) is 10.5. The number of thiophene rings is 1. The van der Waals surface area contributed by atoms with Crippen molar-refractivity contribution in [3.63, 3.8) is 0 Å². The van der Waals surface area contributed by atoms with Crippen molar-refractivity contribution >= 4 is 38.9 Å². The maximum atomic E-state index is 12.4. The first-order chi connectivity index (χ1) is 11.5. The number of ketones is 1. The van der Waals surface area contributed by atoms with Crippen molar-refractivity contribution in [2.75, 3.05) is 0 Å². The summed E-state index contributed by atoms with van der Waals surface area (Å²) in [6.45, 7) is 1.38. The van der Waals surface area contributed by atoms with Gasteiger partial charge in [0.25, 0.3) is 5.69 Å². The van der Waals surface area contributed by atoms with Gasteiger partial charge in [0.05, 0.1) is 4.92 Å². The number of para-hydroxylation sites is 1. The fourth-order valence-electron chi connectivity index (χ4n) is 2.31. The molecule has 0 N–H and O–H groups in total. The van der Waals surface area contributed by atoms with Crippen LogP contribution in [0.25, 0.3) is 10.1 Å². The molecule has 0 saturated heterocycles. The molecule has 0 aliphatic carbocycles. The van der Waals surface area contributed by atoms with Crippen molar-refractivity contribution in [2.24, 2.45) is 0 Å². The summed E-state index contributed by atoms with van der Waals surface area (Å²) in [7, 11) is 0. The van der Waals surface area contributed by atoms with Crippen molar-refractivity contribution in [2.45, 2.75) is 6.92 Å². The number of nitrogens with zero attached hydrogens (tertiary/aromatic N) is 1. The summed E-state index contributed by atoms with van der Waals surface area (Å²) in [6, 6.07) is 12.7. The van der Waals surface area contributed by atoms with E-state index < -0.39 is 10.9 Å². The zero-order valence-corrected chi connectivity index (χ0v) is 13.3. The molecule has 120 valence electrons. The molecule has 24 heavy (non-hydrogen) atoms. The van der Waals surface area contributed by atoms with Gasteiger partial charge in [0, 0.05) is 23.1 Å². The molecule has 3 rings (SSSR count). The number of rotatable bonds is 4. The number of ether oxygens (including phenoxy) is 1. The topological polar surface area (TPSA) is 86.5 Å². The summed E-state index contributed by atoms with van der Waals surface area (Å²) < 4.78 is 6.18. The van der Waals surface area contributed by atoms with Gasteiger partial charge in [-0.25, -0.2) is 4.79 Å². The lowest BCUT2D eigenvalue weighted by Crippen LogP contribution is -2.12. The highest BCUT2D eigenvalue weighted by Gasteiger charge is 2.25. The number of hydrogen-bond acceptors (Lipinski definition) is 6. The summed E-state index contributed by atoms with van der Waals surface area (Å²) in [5.74, 6) is -0.957. The molecule has 0 aliphatic heterocycles. The number of benzene rings is 2. The van der Waals surface area contributed by atoms with Crippen LogP contribution in [0.4, 0.5) is 5.69 Å². The number of fused-ring (bicyclic) bond motifs is 1. The summed E-state index contributed by atoms with van der Waals surface area (Å²) in [6.07, 6.45) is 0. The molecule has 0 bridgehead atoms. The van der Waals surface area contributed by atoms with Crippen LogP contribution >= 0.6 is 11.3 Å². The van der Waals surface area contributed by atoms with Gasteiger partial charge in [-0.15, -0.1) is 11.3 Å². The fourth-order valence-corrected chi connectivity index (χ4v) is 3.33. The third-order valence-electron chi connectivity index (χ3n) is 3.39. The molecule has 0 saturated carbocycles. The molecule has 2 aromatic carbocycles. The second-order valence-corrected chi connectivity index (χ2v) is 6.03.